The predicted molar refractivity (Wildman–Crippen MR) is 89.7 cm³/mol. The lowest BCUT2D eigenvalue weighted by atomic mass is 10.1. The molecule has 2 rings (SSSR count). The Balaban J connectivity index is 2.11. The van der Waals surface area contributed by atoms with Gasteiger partial charge in [0, 0.05) is 28.9 Å². The molecule has 0 saturated carbocycles. The van der Waals surface area contributed by atoms with Gasteiger partial charge in [0.1, 0.15) is 0 Å². The van der Waals surface area contributed by atoms with Crippen molar-refractivity contribution in [3.05, 3.63) is 58.7 Å². The topological polar surface area (TPSA) is 55.1 Å². The van der Waals surface area contributed by atoms with Crippen molar-refractivity contribution in [3.8, 4) is 0 Å². The summed E-state index contributed by atoms with van der Waals surface area (Å²) in [5.74, 6) is 0.749. The van der Waals surface area contributed by atoms with Crippen LogP contribution in [0, 0.1) is 13.8 Å². The Morgan fingerprint density at radius 1 is 1.14 bits per heavy atom. The number of nitrogen functional groups attached to an aromatic ring is 1. The second-order valence-electron chi connectivity index (χ2n) is 5.12. The lowest BCUT2D eigenvalue weighted by Gasteiger charge is -2.09. The Kier molecular flexibility index (Phi) is 4.91. The highest BCUT2D eigenvalue weighted by atomic mass is 32.2. The SMILES string of the molecule is CNC(=O)c1ccc(SCc2cc(C)cc(C)c2)c(N)c1. The molecule has 0 spiro atoms. The van der Waals surface area contributed by atoms with Crippen LogP contribution in [0.1, 0.15) is 27.0 Å². The number of carbonyl (C=O) groups excluding carboxylic acids is 1. The first-order valence-electron chi connectivity index (χ1n) is 6.81. The summed E-state index contributed by atoms with van der Waals surface area (Å²) in [6, 6.07) is 12.0. The van der Waals surface area contributed by atoms with Crippen LogP contribution in [0.2, 0.25) is 0 Å². The zero-order valence-electron chi connectivity index (χ0n) is 12.6. The van der Waals surface area contributed by atoms with Crippen molar-refractivity contribution in [1.82, 2.24) is 5.32 Å². The van der Waals surface area contributed by atoms with E-state index in [2.05, 4.69) is 37.4 Å². The highest BCUT2D eigenvalue weighted by Gasteiger charge is 2.07. The number of amides is 1. The van der Waals surface area contributed by atoms with Crippen molar-refractivity contribution in [2.75, 3.05) is 12.8 Å². The number of hydrogen-bond donors (Lipinski definition) is 2. The average molecular weight is 300 g/mol. The van der Waals surface area contributed by atoms with E-state index >= 15 is 0 Å². The molecule has 3 N–H and O–H groups in total. The molecular weight excluding hydrogens is 280 g/mol. The predicted octanol–water partition coefficient (Wildman–Crippen LogP) is 3.54. The third-order valence-electron chi connectivity index (χ3n) is 3.17. The molecule has 2 aromatic rings. The molecule has 0 aliphatic rings. The number of thioether (sulfide) groups is 1. The standard InChI is InChI=1S/C17H20N2OS/c1-11-6-12(2)8-13(7-11)10-21-16-5-4-14(9-15(16)18)17(20)19-3/h4-9H,10,18H2,1-3H3,(H,19,20). The van der Waals surface area contributed by atoms with Crippen molar-refractivity contribution < 1.29 is 4.79 Å². The number of carbonyl (C=O) groups is 1. The third kappa shape index (κ3) is 4.02. The minimum absolute atomic E-state index is 0.118. The van der Waals surface area contributed by atoms with E-state index in [-0.39, 0.29) is 5.91 Å². The first-order chi connectivity index (χ1) is 9.99. The summed E-state index contributed by atoms with van der Waals surface area (Å²) in [5, 5.41) is 2.60. The number of nitrogens with two attached hydrogens (primary N) is 1. The van der Waals surface area contributed by atoms with E-state index in [0.29, 0.717) is 11.3 Å². The highest BCUT2D eigenvalue weighted by Crippen LogP contribution is 2.29. The van der Waals surface area contributed by atoms with Crippen molar-refractivity contribution in [1.29, 1.82) is 0 Å². The van der Waals surface area contributed by atoms with Crippen molar-refractivity contribution >= 4 is 23.4 Å². The van der Waals surface area contributed by atoms with Crippen LogP contribution < -0.4 is 11.1 Å². The monoisotopic (exact) mass is 300 g/mol. The van der Waals surface area contributed by atoms with Crippen molar-refractivity contribution in [2.45, 2.75) is 24.5 Å². The molecule has 2 aromatic carbocycles. The molecule has 1 amide bonds. The van der Waals surface area contributed by atoms with Gasteiger partial charge >= 0.3 is 0 Å². The molecule has 0 bridgehead atoms. The van der Waals surface area contributed by atoms with Crippen LogP contribution in [0.25, 0.3) is 0 Å². The molecule has 0 atom stereocenters. The zero-order chi connectivity index (χ0) is 15.4. The normalized spacial score (nSPS) is 10.4. The van der Waals surface area contributed by atoms with Gasteiger partial charge in [0.15, 0.2) is 0 Å². The summed E-state index contributed by atoms with van der Waals surface area (Å²) in [6.07, 6.45) is 0. The summed E-state index contributed by atoms with van der Waals surface area (Å²) >= 11 is 1.69. The van der Waals surface area contributed by atoms with Crippen LogP contribution in [-0.4, -0.2) is 13.0 Å². The van der Waals surface area contributed by atoms with E-state index in [4.69, 9.17) is 5.73 Å². The summed E-state index contributed by atoms with van der Waals surface area (Å²) in [4.78, 5) is 12.6. The van der Waals surface area contributed by atoms with Crippen LogP contribution in [-0.2, 0) is 5.75 Å². The molecule has 0 saturated heterocycles. The largest absolute Gasteiger partial charge is 0.398 e. The van der Waals surface area contributed by atoms with Gasteiger partial charge < -0.3 is 11.1 Å². The van der Waals surface area contributed by atoms with Gasteiger partial charge in [-0.15, -0.1) is 11.8 Å². The zero-order valence-corrected chi connectivity index (χ0v) is 13.4. The quantitative estimate of drug-likeness (QED) is 0.671. The number of nitrogens with one attached hydrogen (secondary N) is 1. The summed E-state index contributed by atoms with van der Waals surface area (Å²) in [7, 11) is 1.61. The summed E-state index contributed by atoms with van der Waals surface area (Å²) in [5.41, 5.74) is 11.1. The maximum Gasteiger partial charge on any atom is 0.251 e. The van der Waals surface area contributed by atoms with E-state index in [0.717, 1.165) is 10.6 Å². The molecule has 0 radical (unpaired) electrons. The molecule has 0 heterocycles. The fraction of sp³-hybridized carbons (Fsp3) is 0.235. The maximum atomic E-state index is 11.6. The Morgan fingerprint density at radius 2 is 1.81 bits per heavy atom. The Labute approximate surface area is 129 Å². The Hall–Kier alpha value is -1.94. The van der Waals surface area contributed by atoms with Crippen LogP contribution in [0.3, 0.4) is 0 Å². The molecule has 0 aliphatic carbocycles. The minimum Gasteiger partial charge on any atom is -0.398 e. The van der Waals surface area contributed by atoms with Gasteiger partial charge in [0.05, 0.1) is 0 Å². The van der Waals surface area contributed by atoms with E-state index in [9.17, 15) is 4.79 Å². The fourth-order valence-corrected chi connectivity index (χ4v) is 3.16. The molecule has 0 unspecified atom stereocenters. The summed E-state index contributed by atoms with van der Waals surface area (Å²) in [6.45, 7) is 4.21. The number of anilines is 1. The Morgan fingerprint density at radius 3 is 2.38 bits per heavy atom. The van der Waals surface area contributed by atoms with Gasteiger partial charge in [-0.05, 0) is 37.6 Å². The van der Waals surface area contributed by atoms with Gasteiger partial charge in [-0.1, -0.05) is 29.3 Å². The first-order valence-corrected chi connectivity index (χ1v) is 7.79. The van der Waals surface area contributed by atoms with Crippen LogP contribution >= 0.6 is 11.8 Å². The van der Waals surface area contributed by atoms with Crippen LogP contribution in [0.5, 0.6) is 0 Å². The van der Waals surface area contributed by atoms with Gasteiger partial charge in [-0.25, -0.2) is 0 Å². The summed E-state index contributed by atoms with van der Waals surface area (Å²) < 4.78 is 0. The highest BCUT2D eigenvalue weighted by molar-refractivity contribution is 7.98. The second-order valence-corrected chi connectivity index (χ2v) is 6.13. The van der Waals surface area contributed by atoms with Gasteiger partial charge in [0.2, 0.25) is 0 Å². The van der Waals surface area contributed by atoms with E-state index in [1.165, 1.54) is 16.7 Å². The third-order valence-corrected chi connectivity index (χ3v) is 4.34. The number of hydrogen-bond acceptors (Lipinski definition) is 3. The van der Waals surface area contributed by atoms with Crippen LogP contribution in [0.4, 0.5) is 5.69 Å². The minimum atomic E-state index is -0.118. The van der Waals surface area contributed by atoms with Crippen molar-refractivity contribution in [3.63, 3.8) is 0 Å². The van der Waals surface area contributed by atoms with E-state index in [1.807, 2.05) is 6.07 Å². The average Bonchev–Trinajstić information content (AvgIpc) is 2.44. The second kappa shape index (κ2) is 6.68. The molecular formula is C17H20N2OS. The van der Waals surface area contributed by atoms with Gasteiger partial charge in [-0.2, -0.15) is 0 Å². The molecule has 0 aliphatic heterocycles. The molecule has 21 heavy (non-hydrogen) atoms. The maximum absolute atomic E-state index is 11.6. The smallest absolute Gasteiger partial charge is 0.251 e. The number of benzene rings is 2. The van der Waals surface area contributed by atoms with Gasteiger partial charge in [0.25, 0.3) is 5.91 Å². The molecule has 110 valence electrons. The van der Waals surface area contributed by atoms with Crippen LogP contribution in [0.15, 0.2) is 41.3 Å². The first kappa shape index (κ1) is 15.4. The molecule has 4 heteroatoms. The lowest BCUT2D eigenvalue weighted by Crippen LogP contribution is -2.17. The van der Waals surface area contributed by atoms with E-state index < -0.39 is 0 Å². The molecule has 0 fully saturated rings. The molecule has 3 nitrogen and oxygen atoms in total. The van der Waals surface area contributed by atoms with Gasteiger partial charge in [-0.3, -0.25) is 4.79 Å². The fourth-order valence-electron chi connectivity index (χ4n) is 2.28. The van der Waals surface area contributed by atoms with E-state index in [1.54, 1.807) is 30.9 Å². The number of aryl methyl sites for hydroxylation is 2. The molecule has 0 aromatic heterocycles. The lowest BCUT2D eigenvalue weighted by molar-refractivity contribution is 0.0963. The number of rotatable bonds is 4. The Bertz CT molecular complexity index is 648. The van der Waals surface area contributed by atoms with Crippen molar-refractivity contribution in [2.24, 2.45) is 0 Å².